The van der Waals surface area contributed by atoms with Crippen molar-refractivity contribution in [1.82, 2.24) is 0 Å². The van der Waals surface area contributed by atoms with Gasteiger partial charge in [-0.3, -0.25) is 4.79 Å². The van der Waals surface area contributed by atoms with E-state index >= 15 is 0 Å². The van der Waals surface area contributed by atoms with Crippen LogP contribution in [-0.2, 0) is 22.4 Å². The molecule has 0 saturated carbocycles. The van der Waals surface area contributed by atoms with Crippen LogP contribution in [0.25, 0.3) is 0 Å². The summed E-state index contributed by atoms with van der Waals surface area (Å²) in [5, 5.41) is 3.40. The number of carbonyl (C=O) groups excluding carboxylic acids is 1. The van der Waals surface area contributed by atoms with Crippen molar-refractivity contribution in [2.45, 2.75) is 32.2 Å². The molecule has 1 heterocycles. The fraction of sp³-hybridized carbons (Fsp3) is 0.316. The van der Waals surface area contributed by atoms with Crippen molar-refractivity contribution < 1.29 is 13.9 Å². The smallest absolute Gasteiger partial charge is 0.310 e. The average molecular weight is 313 g/mol. The Bertz CT molecular complexity index is 714. The van der Waals surface area contributed by atoms with E-state index in [2.05, 4.69) is 5.32 Å². The lowest BCUT2D eigenvalue weighted by Crippen LogP contribution is -2.19. The Labute approximate surface area is 135 Å². The molecule has 0 aliphatic carbocycles. The predicted molar refractivity (Wildman–Crippen MR) is 87.9 cm³/mol. The molecular weight excluding hydrogens is 293 g/mol. The van der Waals surface area contributed by atoms with Crippen molar-refractivity contribution in [2.75, 3.05) is 11.9 Å². The zero-order chi connectivity index (χ0) is 16.2. The Morgan fingerprint density at radius 3 is 2.91 bits per heavy atom. The number of hydrogen-bond acceptors (Lipinski definition) is 3. The second-order valence-electron chi connectivity index (χ2n) is 5.73. The van der Waals surface area contributed by atoms with Crippen molar-refractivity contribution >= 4 is 11.7 Å². The monoisotopic (exact) mass is 313 g/mol. The number of halogens is 1. The maximum atomic E-state index is 13.9. The number of nitrogens with one attached hydrogen (secondary N) is 1. The Balaban J connectivity index is 1.75. The van der Waals surface area contributed by atoms with Gasteiger partial charge < -0.3 is 10.1 Å². The first-order valence-corrected chi connectivity index (χ1v) is 7.95. The highest BCUT2D eigenvalue weighted by Gasteiger charge is 2.21. The zero-order valence-electron chi connectivity index (χ0n) is 13.1. The van der Waals surface area contributed by atoms with E-state index in [0.29, 0.717) is 12.2 Å². The maximum Gasteiger partial charge on any atom is 0.310 e. The van der Waals surface area contributed by atoms with Crippen LogP contribution in [0, 0.1) is 5.82 Å². The van der Waals surface area contributed by atoms with Gasteiger partial charge in [0, 0.05) is 11.3 Å². The molecule has 1 atom stereocenters. The number of rotatable bonds is 4. The topological polar surface area (TPSA) is 38.3 Å². The van der Waals surface area contributed by atoms with E-state index in [0.717, 1.165) is 24.1 Å². The summed E-state index contributed by atoms with van der Waals surface area (Å²) in [6.07, 6.45) is 1.98. The van der Waals surface area contributed by atoms with Gasteiger partial charge in [0.25, 0.3) is 0 Å². The summed E-state index contributed by atoms with van der Waals surface area (Å²) >= 11 is 0. The lowest BCUT2D eigenvalue weighted by Gasteiger charge is -2.28. The van der Waals surface area contributed by atoms with E-state index < -0.39 is 0 Å². The molecule has 0 bridgehead atoms. The Hall–Kier alpha value is -2.36. The molecule has 1 aliphatic rings. The van der Waals surface area contributed by atoms with Gasteiger partial charge in [0.1, 0.15) is 5.82 Å². The van der Waals surface area contributed by atoms with Gasteiger partial charge in [-0.2, -0.15) is 0 Å². The summed E-state index contributed by atoms with van der Waals surface area (Å²) in [5.74, 6) is -0.382. The molecule has 0 amide bonds. The van der Waals surface area contributed by atoms with Gasteiger partial charge in [0.2, 0.25) is 0 Å². The summed E-state index contributed by atoms with van der Waals surface area (Å²) in [7, 11) is 0. The van der Waals surface area contributed by atoms with Crippen molar-refractivity contribution in [1.29, 1.82) is 0 Å². The Kier molecular flexibility index (Phi) is 4.60. The molecule has 1 unspecified atom stereocenters. The van der Waals surface area contributed by atoms with Gasteiger partial charge in [0.15, 0.2) is 0 Å². The van der Waals surface area contributed by atoms with E-state index in [9.17, 15) is 9.18 Å². The largest absolute Gasteiger partial charge is 0.466 e. The second-order valence-corrected chi connectivity index (χ2v) is 5.73. The molecule has 1 N–H and O–H groups in total. The molecule has 0 spiro atoms. The van der Waals surface area contributed by atoms with E-state index in [1.807, 2.05) is 30.3 Å². The fourth-order valence-electron chi connectivity index (χ4n) is 3.03. The van der Waals surface area contributed by atoms with E-state index in [1.54, 1.807) is 13.0 Å². The summed E-state index contributed by atoms with van der Waals surface area (Å²) in [6, 6.07) is 12.8. The van der Waals surface area contributed by atoms with Crippen molar-refractivity contribution in [3.63, 3.8) is 0 Å². The Morgan fingerprint density at radius 2 is 2.13 bits per heavy atom. The summed E-state index contributed by atoms with van der Waals surface area (Å²) in [5.41, 5.74) is 3.83. The lowest BCUT2D eigenvalue weighted by molar-refractivity contribution is -0.142. The molecule has 0 saturated heterocycles. The number of anilines is 1. The van der Waals surface area contributed by atoms with Crippen molar-refractivity contribution in [3.05, 3.63) is 65.0 Å². The number of aryl methyl sites for hydroxylation is 1. The van der Waals surface area contributed by atoms with Gasteiger partial charge in [0.05, 0.1) is 19.1 Å². The minimum absolute atomic E-state index is 0.0143. The van der Waals surface area contributed by atoms with E-state index in [-0.39, 0.29) is 24.2 Å². The van der Waals surface area contributed by atoms with Crippen LogP contribution in [0.2, 0.25) is 0 Å². The normalized spacial score (nSPS) is 16.3. The van der Waals surface area contributed by atoms with Crippen LogP contribution in [0.1, 0.15) is 36.1 Å². The van der Waals surface area contributed by atoms with Crippen LogP contribution in [-0.4, -0.2) is 12.6 Å². The third-order valence-corrected chi connectivity index (χ3v) is 4.14. The highest BCUT2D eigenvalue weighted by Crippen LogP contribution is 2.34. The third kappa shape index (κ3) is 3.52. The first kappa shape index (κ1) is 15.5. The molecule has 0 aromatic heterocycles. The van der Waals surface area contributed by atoms with Gasteiger partial charge in [-0.25, -0.2) is 4.39 Å². The van der Waals surface area contributed by atoms with E-state index in [4.69, 9.17) is 4.74 Å². The minimum Gasteiger partial charge on any atom is -0.466 e. The van der Waals surface area contributed by atoms with Gasteiger partial charge in [-0.05, 0) is 43.0 Å². The van der Waals surface area contributed by atoms with Crippen LogP contribution in [0.4, 0.5) is 10.1 Å². The number of esters is 1. The van der Waals surface area contributed by atoms with E-state index in [1.165, 1.54) is 11.6 Å². The quantitative estimate of drug-likeness (QED) is 0.866. The minimum atomic E-state index is -0.208. The first-order chi connectivity index (χ1) is 11.2. The van der Waals surface area contributed by atoms with Gasteiger partial charge in [-0.15, -0.1) is 0 Å². The fourth-order valence-corrected chi connectivity index (χ4v) is 3.03. The molecule has 0 fully saturated rings. The van der Waals surface area contributed by atoms with Gasteiger partial charge >= 0.3 is 5.97 Å². The lowest BCUT2D eigenvalue weighted by atomic mass is 9.92. The standard InChI is InChI=1S/C19H20FNO2/c1-2-23-19(22)12-13-7-9-17-14(11-13)8-10-18(21-17)15-5-3-4-6-16(15)20/h3-7,9,11,18,21H,2,8,10,12H2,1H3. The molecule has 23 heavy (non-hydrogen) atoms. The molecule has 120 valence electrons. The number of hydrogen-bond donors (Lipinski definition) is 1. The molecule has 4 heteroatoms. The van der Waals surface area contributed by atoms with Crippen LogP contribution in [0.15, 0.2) is 42.5 Å². The number of carbonyl (C=O) groups is 1. The SMILES string of the molecule is CCOC(=O)Cc1ccc2c(c1)CCC(c1ccccc1F)N2. The van der Waals surface area contributed by atoms with Crippen LogP contribution in [0.5, 0.6) is 0 Å². The van der Waals surface area contributed by atoms with Crippen LogP contribution < -0.4 is 5.32 Å². The predicted octanol–water partition coefficient (Wildman–Crippen LogP) is 4.03. The zero-order valence-corrected chi connectivity index (χ0v) is 13.1. The number of fused-ring (bicyclic) bond motifs is 1. The molecule has 3 nitrogen and oxygen atoms in total. The molecule has 0 radical (unpaired) electrons. The van der Waals surface area contributed by atoms with Crippen LogP contribution in [0.3, 0.4) is 0 Å². The molecule has 2 aromatic carbocycles. The van der Waals surface area contributed by atoms with Crippen molar-refractivity contribution in [3.8, 4) is 0 Å². The summed E-state index contributed by atoms with van der Waals surface area (Å²) < 4.78 is 18.9. The third-order valence-electron chi connectivity index (χ3n) is 4.14. The first-order valence-electron chi connectivity index (χ1n) is 7.95. The molecular formula is C19H20FNO2. The molecule has 1 aliphatic heterocycles. The molecule has 3 rings (SSSR count). The van der Waals surface area contributed by atoms with Crippen molar-refractivity contribution in [2.24, 2.45) is 0 Å². The maximum absolute atomic E-state index is 13.9. The van der Waals surface area contributed by atoms with Crippen LogP contribution >= 0.6 is 0 Å². The highest BCUT2D eigenvalue weighted by molar-refractivity contribution is 5.73. The second kappa shape index (κ2) is 6.82. The molecule has 2 aromatic rings. The Morgan fingerprint density at radius 1 is 1.30 bits per heavy atom. The summed E-state index contributed by atoms with van der Waals surface area (Å²) in [6.45, 7) is 2.20. The van der Waals surface area contributed by atoms with Gasteiger partial charge in [-0.1, -0.05) is 30.3 Å². The number of ether oxygens (including phenoxy) is 1. The highest BCUT2D eigenvalue weighted by atomic mass is 19.1. The average Bonchev–Trinajstić information content (AvgIpc) is 2.55. The summed E-state index contributed by atoms with van der Waals surface area (Å²) in [4.78, 5) is 11.6. The number of benzene rings is 2.